The van der Waals surface area contributed by atoms with E-state index in [2.05, 4.69) is 0 Å². The lowest BCUT2D eigenvalue weighted by Gasteiger charge is -2.45. The van der Waals surface area contributed by atoms with Crippen LogP contribution in [0.25, 0.3) is 0 Å². The van der Waals surface area contributed by atoms with Crippen molar-refractivity contribution in [2.24, 2.45) is 11.7 Å². The molecule has 0 aromatic rings. The summed E-state index contributed by atoms with van der Waals surface area (Å²) in [4.78, 5) is 0. The molecule has 136 valence electrons. The largest absolute Gasteiger partial charge is 0.396 e. The maximum Gasteiger partial charge on any atom is 0.187 e. The molecule has 0 bridgehead atoms. The van der Waals surface area contributed by atoms with Crippen molar-refractivity contribution in [3.05, 3.63) is 0 Å². The van der Waals surface area contributed by atoms with Crippen molar-refractivity contribution in [3.63, 3.8) is 0 Å². The normalized spacial score (nSPS) is 51.7. The van der Waals surface area contributed by atoms with E-state index in [1.165, 1.54) is 0 Å². The van der Waals surface area contributed by atoms with Crippen LogP contribution in [0.1, 0.15) is 6.42 Å². The van der Waals surface area contributed by atoms with E-state index in [4.69, 9.17) is 20.3 Å². The molecule has 2 fully saturated rings. The van der Waals surface area contributed by atoms with Gasteiger partial charge in [0.2, 0.25) is 0 Å². The van der Waals surface area contributed by atoms with Gasteiger partial charge in [-0.3, -0.25) is 0 Å². The van der Waals surface area contributed by atoms with Crippen LogP contribution in [0, 0.1) is 5.92 Å². The molecule has 23 heavy (non-hydrogen) atoms. The standard InChI is InChI=1S/C13H25NO9/c14-7-5(1-4(2-15)8(17)10(7)19)22-13-12(21)11(20)9(18)6(3-16)23-13/h4-13,15-21H,1-3,14H2. The summed E-state index contributed by atoms with van der Waals surface area (Å²) in [6, 6.07) is -1.000. The second kappa shape index (κ2) is 7.66. The Bertz CT molecular complexity index is 348. The molecule has 1 saturated carbocycles. The van der Waals surface area contributed by atoms with Gasteiger partial charge in [0.15, 0.2) is 6.29 Å². The molecule has 10 nitrogen and oxygen atoms in total. The van der Waals surface area contributed by atoms with E-state index in [-0.39, 0.29) is 13.0 Å². The zero-order chi connectivity index (χ0) is 17.3. The fraction of sp³-hybridized carbons (Fsp3) is 1.00. The minimum atomic E-state index is -1.59. The molecule has 0 aromatic heterocycles. The number of hydrogen-bond donors (Lipinski definition) is 8. The molecule has 2 rings (SSSR count). The van der Waals surface area contributed by atoms with Gasteiger partial charge in [0.25, 0.3) is 0 Å². The second-order valence-electron chi connectivity index (χ2n) is 6.11. The van der Waals surface area contributed by atoms with Crippen LogP contribution in [0.5, 0.6) is 0 Å². The highest BCUT2D eigenvalue weighted by Crippen LogP contribution is 2.30. The van der Waals surface area contributed by atoms with Gasteiger partial charge in [-0.05, 0) is 6.42 Å². The predicted molar refractivity (Wildman–Crippen MR) is 73.8 cm³/mol. The van der Waals surface area contributed by atoms with Gasteiger partial charge in [0.1, 0.15) is 24.4 Å². The third-order valence-corrected chi connectivity index (χ3v) is 4.58. The van der Waals surface area contributed by atoms with E-state index in [1.807, 2.05) is 0 Å². The van der Waals surface area contributed by atoms with E-state index in [1.54, 1.807) is 0 Å². The van der Waals surface area contributed by atoms with Crippen molar-refractivity contribution in [3.8, 4) is 0 Å². The van der Waals surface area contributed by atoms with E-state index >= 15 is 0 Å². The fourth-order valence-corrected chi connectivity index (χ4v) is 3.00. The number of hydrogen-bond acceptors (Lipinski definition) is 10. The van der Waals surface area contributed by atoms with Crippen LogP contribution in [0.4, 0.5) is 0 Å². The molecule has 1 aliphatic carbocycles. The highest BCUT2D eigenvalue weighted by atomic mass is 16.7. The summed E-state index contributed by atoms with van der Waals surface area (Å²) in [7, 11) is 0. The molecule has 0 spiro atoms. The Morgan fingerprint density at radius 2 is 1.52 bits per heavy atom. The molecule has 10 heteroatoms. The quantitative estimate of drug-likeness (QED) is 0.247. The van der Waals surface area contributed by atoms with Crippen molar-refractivity contribution in [2.45, 2.75) is 61.5 Å². The lowest BCUT2D eigenvalue weighted by Crippen LogP contribution is -2.63. The van der Waals surface area contributed by atoms with Gasteiger partial charge in [0, 0.05) is 12.5 Å². The fourth-order valence-electron chi connectivity index (χ4n) is 3.00. The Kier molecular flexibility index (Phi) is 6.30. The third kappa shape index (κ3) is 3.66. The summed E-state index contributed by atoms with van der Waals surface area (Å²) in [5, 5.41) is 67.5. The summed E-state index contributed by atoms with van der Waals surface area (Å²) in [5.41, 5.74) is 5.81. The van der Waals surface area contributed by atoms with Crippen LogP contribution in [0.15, 0.2) is 0 Å². The van der Waals surface area contributed by atoms with Crippen LogP contribution < -0.4 is 5.73 Å². The predicted octanol–water partition coefficient (Wildman–Crippen LogP) is -4.77. The zero-order valence-corrected chi connectivity index (χ0v) is 12.4. The van der Waals surface area contributed by atoms with Gasteiger partial charge in [0.05, 0.1) is 31.0 Å². The first-order valence-corrected chi connectivity index (χ1v) is 7.50. The number of ether oxygens (including phenoxy) is 2. The number of nitrogens with two attached hydrogens (primary N) is 1. The van der Waals surface area contributed by atoms with Crippen LogP contribution >= 0.6 is 0 Å². The average molecular weight is 339 g/mol. The summed E-state index contributed by atoms with van der Waals surface area (Å²) >= 11 is 0. The van der Waals surface area contributed by atoms with Crippen LogP contribution in [-0.2, 0) is 9.47 Å². The Labute approximate surface area is 132 Å². The number of aliphatic hydroxyl groups is 7. The summed E-state index contributed by atoms with van der Waals surface area (Å²) in [5.74, 6) is -0.667. The molecule has 10 unspecified atom stereocenters. The molecule has 0 radical (unpaired) electrons. The van der Waals surface area contributed by atoms with Gasteiger partial charge in [-0.1, -0.05) is 0 Å². The van der Waals surface area contributed by atoms with Gasteiger partial charge in [-0.2, -0.15) is 0 Å². The molecule has 0 amide bonds. The zero-order valence-electron chi connectivity index (χ0n) is 12.4. The van der Waals surface area contributed by atoms with Crippen LogP contribution in [-0.4, -0.2) is 104 Å². The lowest BCUT2D eigenvalue weighted by molar-refractivity contribution is -0.318. The Morgan fingerprint density at radius 3 is 2.09 bits per heavy atom. The smallest absolute Gasteiger partial charge is 0.187 e. The Morgan fingerprint density at radius 1 is 0.870 bits per heavy atom. The van der Waals surface area contributed by atoms with Gasteiger partial charge in [-0.15, -0.1) is 0 Å². The number of rotatable bonds is 4. The van der Waals surface area contributed by atoms with E-state index in [0.717, 1.165) is 0 Å². The van der Waals surface area contributed by atoms with Gasteiger partial charge < -0.3 is 51.0 Å². The molecule has 1 heterocycles. The van der Waals surface area contributed by atoms with Crippen molar-refractivity contribution >= 4 is 0 Å². The molecule has 1 aliphatic heterocycles. The molecular formula is C13H25NO9. The third-order valence-electron chi connectivity index (χ3n) is 4.58. The molecule has 0 aromatic carbocycles. The minimum absolute atomic E-state index is 0.102. The first-order chi connectivity index (χ1) is 10.8. The highest BCUT2D eigenvalue weighted by Gasteiger charge is 2.48. The van der Waals surface area contributed by atoms with Crippen LogP contribution in [0.3, 0.4) is 0 Å². The molecule has 2 aliphatic rings. The molecule has 10 atom stereocenters. The maximum absolute atomic E-state index is 9.94. The topological polar surface area (TPSA) is 186 Å². The van der Waals surface area contributed by atoms with E-state index < -0.39 is 67.6 Å². The van der Waals surface area contributed by atoms with Crippen molar-refractivity contribution in [2.75, 3.05) is 13.2 Å². The molecule has 9 N–H and O–H groups in total. The average Bonchev–Trinajstić information content (AvgIpc) is 2.55. The second-order valence-corrected chi connectivity index (χ2v) is 6.11. The highest BCUT2D eigenvalue weighted by molar-refractivity contribution is 4.97. The summed E-state index contributed by atoms with van der Waals surface area (Å²) < 4.78 is 10.7. The maximum atomic E-state index is 9.94. The Balaban J connectivity index is 2.07. The molecule has 1 saturated heterocycles. The SMILES string of the molecule is NC1C(OC2OC(CO)C(O)C(O)C2O)CC(CO)C(O)C1O. The number of aliphatic hydroxyl groups excluding tert-OH is 7. The summed E-state index contributed by atoms with van der Waals surface area (Å²) in [6.45, 7) is -0.985. The van der Waals surface area contributed by atoms with Crippen molar-refractivity contribution < 1.29 is 45.2 Å². The summed E-state index contributed by atoms with van der Waals surface area (Å²) in [6.07, 6.45) is -10.5. The monoisotopic (exact) mass is 339 g/mol. The van der Waals surface area contributed by atoms with Gasteiger partial charge >= 0.3 is 0 Å². The van der Waals surface area contributed by atoms with Crippen molar-refractivity contribution in [1.29, 1.82) is 0 Å². The Hall–Kier alpha value is -0.400. The van der Waals surface area contributed by atoms with E-state index in [9.17, 15) is 30.6 Å². The van der Waals surface area contributed by atoms with E-state index in [0.29, 0.717) is 0 Å². The van der Waals surface area contributed by atoms with Crippen LogP contribution in [0.2, 0.25) is 0 Å². The first-order valence-electron chi connectivity index (χ1n) is 7.50. The lowest BCUT2D eigenvalue weighted by atomic mass is 9.80. The van der Waals surface area contributed by atoms with Gasteiger partial charge in [-0.25, -0.2) is 0 Å². The van der Waals surface area contributed by atoms with Crippen molar-refractivity contribution in [1.82, 2.24) is 0 Å². The first kappa shape index (κ1) is 18.9. The molecular weight excluding hydrogens is 314 g/mol. The minimum Gasteiger partial charge on any atom is -0.396 e.